The van der Waals surface area contributed by atoms with Crippen molar-refractivity contribution < 1.29 is 189 Å². The molecule has 0 aromatic heterocycles. The van der Waals surface area contributed by atoms with Gasteiger partial charge in [-0.3, -0.25) is 0 Å². The van der Waals surface area contributed by atoms with Crippen molar-refractivity contribution in [3.63, 3.8) is 0 Å². The molecule has 258 valence electrons. The minimum atomic E-state index is -1.08. The summed E-state index contributed by atoms with van der Waals surface area (Å²) in [6.07, 6.45) is 0. The second kappa shape index (κ2) is 238. The molecule has 0 aliphatic carbocycles. The Morgan fingerprint density at radius 2 is 0.286 bits per heavy atom. The van der Waals surface area contributed by atoms with Crippen LogP contribution in [0.1, 0.15) is 29.1 Å². The van der Waals surface area contributed by atoms with Crippen LogP contribution in [0.25, 0.3) is 0 Å². The Morgan fingerprint density at radius 1 is 0.268 bits per heavy atom. The molecule has 56 heavy (non-hydrogen) atoms. The number of hydrogen-bond acceptors (Lipinski definition) is 18. The van der Waals surface area contributed by atoms with E-state index >= 15 is 0 Å². The first-order valence-corrected chi connectivity index (χ1v) is 10.2. The third-order valence-electron chi connectivity index (χ3n) is 0.833. The Bertz CT molecular complexity index is 346. The molecule has 0 fully saturated rings. The second-order valence-corrected chi connectivity index (χ2v) is 4.85. The molecule has 0 aromatic carbocycles. The standard InChI is InChI=1S/5C2H8N2.4C2H4O2.20Na.16H/c5*3-1-2-4;4*1-2(3)4;;;;;;;;;;;;;;;;;;;;;;;;;;;;;;;;;;;;/h5*1-4H2;4*1H3,(H,3,4);;;;;;;;;;;;;;;;;;;;;;;;;;;;;;;;;;;;/q;;;;;;;;;;;;;;;;;;;;;;;;5*+1;;;;;;;;;;;;;;;;-1/p-4. The van der Waals surface area contributed by atoms with Crippen LogP contribution in [0.4, 0.5) is 0 Å². The van der Waals surface area contributed by atoms with Gasteiger partial charge in [0.2, 0.25) is 0 Å². The van der Waals surface area contributed by atoms with E-state index in [1.165, 1.54) is 0 Å². The van der Waals surface area contributed by atoms with E-state index in [1.54, 1.807) is 0 Å². The van der Waals surface area contributed by atoms with Crippen LogP contribution in [0.2, 0.25) is 0 Å². The number of carbonyl (C=O) groups excluding carboxylic acids is 4. The summed E-state index contributed by atoms with van der Waals surface area (Å²) in [7, 11) is 0. The average Bonchev–Trinajstić information content (AvgIpc) is 2.78. The van der Waals surface area contributed by atoms with Crippen molar-refractivity contribution in [3.8, 4) is 0 Å². The maximum absolute atomic E-state index is 8.89. The molecule has 38 heteroatoms. The van der Waals surface area contributed by atoms with Crippen molar-refractivity contribution in [1.29, 1.82) is 0 Å². The zero-order valence-corrected chi connectivity index (χ0v) is 37.1. The van der Waals surface area contributed by atoms with Crippen molar-refractivity contribution in [3.05, 3.63) is 0 Å². The van der Waals surface area contributed by atoms with Crippen LogP contribution in [0, 0.1) is 0 Å². The number of carboxylic acid groups (broad SMARTS) is 4. The van der Waals surface area contributed by atoms with E-state index in [4.69, 9.17) is 96.9 Å². The van der Waals surface area contributed by atoms with Crippen LogP contribution < -0.4 is 226 Å². The molecule has 0 rings (SSSR count). The number of hydrogen-bond donors (Lipinski definition) is 10. The predicted molar refractivity (Wildman–Crippen MR) is 242 cm³/mol. The van der Waals surface area contributed by atoms with Gasteiger partial charge in [0, 0.05) is 89.3 Å². The fourth-order valence-electron chi connectivity index (χ4n) is 0. The SMILES string of the molecule is CC(=O)[O-].CC(=O)[O-].CC(=O)[O-].CC(=O)[O-].NCCN.NCCN.NCCN.NCCN.NCCN.[H-].[Na+].[Na+].[Na+].[Na+].[Na+].[NaH].[NaH].[NaH].[NaH].[NaH].[NaH].[NaH].[NaH].[NaH].[NaH].[NaH].[NaH].[NaH].[NaH].[NaH]. The molecule has 0 bridgehead atoms. The van der Waals surface area contributed by atoms with Gasteiger partial charge in [0.1, 0.15) is 0 Å². The molecule has 0 amide bonds. The van der Waals surface area contributed by atoms with E-state index in [0.29, 0.717) is 65.4 Å². The van der Waals surface area contributed by atoms with Crippen molar-refractivity contribution in [2.24, 2.45) is 57.3 Å². The molecule has 0 aliphatic heterocycles. The van der Waals surface area contributed by atoms with Crippen LogP contribution >= 0.6 is 0 Å². The summed E-state index contributed by atoms with van der Waals surface area (Å²) in [6.45, 7) is 9.86. The zero-order chi connectivity index (χ0) is 31.4. The molecule has 0 aromatic rings. The zero-order valence-electron chi connectivity index (χ0n) is 28.1. The van der Waals surface area contributed by atoms with E-state index in [0.717, 1.165) is 27.7 Å². The topological polar surface area (TPSA) is 421 Å². The average molecular weight is 1010 g/mol. The monoisotopic (exact) mass is 1010 g/mol. The van der Waals surface area contributed by atoms with Gasteiger partial charge in [0.15, 0.2) is 0 Å². The number of aliphatic carboxylic acids is 4. The summed E-state index contributed by atoms with van der Waals surface area (Å²) in [4.78, 5) is 35.6. The van der Waals surface area contributed by atoms with Gasteiger partial charge in [-0.15, -0.1) is 0 Å². The molecule has 0 saturated heterocycles. The first-order valence-electron chi connectivity index (χ1n) is 10.2. The molecule has 0 heterocycles. The van der Waals surface area contributed by atoms with Gasteiger partial charge in [-0.05, 0) is 27.7 Å². The Hall–Kier alpha value is 17.5. The van der Waals surface area contributed by atoms with Gasteiger partial charge < -0.3 is 98.4 Å². The Morgan fingerprint density at radius 3 is 0.286 bits per heavy atom. The summed E-state index contributed by atoms with van der Waals surface area (Å²) in [5, 5.41) is 35.6. The van der Waals surface area contributed by atoms with Crippen LogP contribution in [0.15, 0.2) is 0 Å². The van der Waals surface area contributed by atoms with E-state index in [1.807, 2.05) is 0 Å². The molecule has 0 saturated carbocycles. The van der Waals surface area contributed by atoms with Crippen LogP contribution in [0.5, 0.6) is 0 Å². The van der Waals surface area contributed by atoms with Crippen LogP contribution in [-0.2, 0) is 19.2 Å². The van der Waals surface area contributed by atoms with Crippen molar-refractivity contribution in [1.82, 2.24) is 0 Å². The molecular formula is C18H68N10Na20O8. The van der Waals surface area contributed by atoms with Crippen molar-refractivity contribution in [2.75, 3.05) is 65.4 Å². The quantitative estimate of drug-likeness (QED) is 0.114. The van der Waals surface area contributed by atoms with Gasteiger partial charge in [0.25, 0.3) is 0 Å². The number of rotatable bonds is 5. The predicted octanol–water partition coefficient (Wildman–Crippen LogP) is -35.1. The summed E-state index contributed by atoms with van der Waals surface area (Å²) < 4.78 is 0. The molecule has 0 aliphatic rings. The third-order valence-corrected chi connectivity index (χ3v) is 0.833. The summed E-state index contributed by atoms with van der Waals surface area (Å²) >= 11 is 0. The normalized spacial score (nSPS) is 4.46. The van der Waals surface area contributed by atoms with Crippen LogP contribution in [0.3, 0.4) is 0 Å². The van der Waals surface area contributed by atoms with Crippen LogP contribution in [-0.4, -0.2) is 533 Å². The van der Waals surface area contributed by atoms with E-state index < -0.39 is 23.9 Å². The third kappa shape index (κ3) is 703. The molecule has 0 spiro atoms. The second-order valence-electron chi connectivity index (χ2n) is 4.85. The van der Waals surface area contributed by atoms with Gasteiger partial charge in [-0.25, -0.2) is 0 Å². The first-order chi connectivity index (χ1) is 16.5. The van der Waals surface area contributed by atoms with E-state index in [2.05, 4.69) is 0 Å². The number of carbonyl (C=O) groups is 4. The van der Waals surface area contributed by atoms with Crippen molar-refractivity contribution in [2.45, 2.75) is 27.7 Å². The first kappa shape index (κ1) is 195. The molecule has 18 nitrogen and oxygen atoms in total. The molecule has 20 N–H and O–H groups in total. The summed E-state index contributed by atoms with van der Waals surface area (Å²) in [5.41, 5.74) is 49.0. The molecular weight excluding hydrogens is 944 g/mol. The molecule has 0 radical (unpaired) electrons. The Labute approximate surface area is 784 Å². The van der Waals surface area contributed by atoms with E-state index in [-0.39, 0.29) is 593 Å². The maximum atomic E-state index is 8.89. The van der Waals surface area contributed by atoms with Gasteiger partial charge in [0.05, 0.1) is 0 Å². The fourth-order valence-corrected chi connectivity index (χ4v) is 0. The molecule has 0 unspecified atom stereocenters. The Kier molecular flexibility index (Phi) is 828. The number of nitrogens with two attached hydrogens (primary N) is 10. The van der Waals surface area contributed by atoms with Gasteiger partial charge >= 0.3 is 591 Å². The Balaban J connectivity index is -0.00000000491. The van der Waals surface area contributed by atoms with Crippen molar-refractivity contribution >= 4 is 467 Å². The fraction of sp³-hybridized carbons (Fsp3) is 0.778. The molecule has 0 atom stereocenters. The summed E-state index contributed by atoms with van der Waals surface area (Å²) in [5.74, 6) is -4.33. The van der Waals surface area contributed by atoms with Gasteiger partial charge in [-0.1, -0.05) is 0 Å². The van der Waals surface area contributed by atoms with Gasteiger partial charge in [-0.2, -0.15) is 0 Å². The summed E-state index contributed by atoms with van der Waals surface area (Å²) in [6, 6.07) is 0. The minimum absolute atomic E-state index is 0. The van der Waals surface area contributed by atoms with E-state index in [9.17, 15) is 0 Å². The number of carboxylic acids is 4.